The number of anilines is 1. The maximum atomic E-state index is 13.4. The van der Waals surface area contributed by atoms with Crippen molar-refractivity contribution in [3.8, 4) is 11.5 Å². The maximum Gasteiger partial charge on any atom is 0.330 e. The van der Waals surface area contributed by atoms with Gasteiger partial charge in [0.2, 0.25) is 0 Å². The number of aromatic amines is 1. The Hall–Kier alpha value is -3.62. The highest BCUT2D eigenvalue weighted by molar-refractivity contribution is 6.12. The molecule has 3 rings (SSSR count). The van der Waals surface area contributed by atoms with Gasteiger partial charge in [0, 0.05) is 24.0 Å². The Labute approximate surface area is 191 Å². The van der Waals surface area contributed by atoms with Gasteiger partial charge in [0.15, 0.2) is 17.1 Å². The van der Waals surface area contributed by atoms with Gasteiger partial charge in [-0.3, -0.25) is 19.1 Å². The highest BCUT2D eigenvalue weighted by Gasteiger charge is 2.22. The summed E-state index contributed by atoms with van der Waals surface area (Å²) in [4.78, 5) is 45.7. The van der Waals surface area contributed by atoms with E-state index in [2.05, 4.69) is 15.3 Å². The highest BCUT2D eigenvalue weighted by atomic mass is 16.5. The van der Waals surface area contributed by atoms with Crippen molar-refractivity contribution in [3.63, 3.8) is 0 Å². The van der Waals surface area contributed by atoms with E-state index < -0.39 is 17.2 Å². The van der Waals surface area contributed by atoms with E-state index in [1.807, 2.05) is 34.6 Å². The molecule has 3 aromatic rings. The largest absolute Gasteiger partial charge is 0.493 e. The van der Waals surface area contributed by atoms with Crippen molar-refractivity contribution in [2.75, 3.05) is 19.5 Å². The number of benzene rings is 1. The molecule has 2 heterocycles. The Morgan fingerprint density at radius 1 is 1.09 bits per heavy atom. The number of carbonyl (C=O) groups is 1. The SMILES string of the molecule is COc1cc(C)c(NC(=O)c2cc(C(C)C)nc3c2c(=O)[nH]c(=O)n3CC(C)C)cc1OC. The molecule has 1 aromatic carbocycles. The molecule has 9 nitrogen and oxygen atoms in total. The standard InChI is InChI=1S/C24H30N4O5/c1-12(2)11-28-21-20(23(30)27-24(28)31)15(9-16(25-21)13(3)4)22(29)26-17-10-19(33-7)18(32-6)8-14(17)5/h8-10,12-13H,11H2,1-7H3,(H,26,29)(H,27,30,31). The number of aromatic nitrogens is 3. The maximum absolute atomic E-state index is 13.4. The van der Waals surface area contributed by atoms with Crippen LogP contribution in [0, 0.1) is 12.8 Å². The Kier molecular flexibility index (Phi) is 6.90. The molecule has 1 amide bonds. The van der Waals surface area contributed by atoms with Crippen molar-refractivity contribution < 1.29 is 14.3 Å². The monoisotopic (exact) mass is 454 g/mol. The van der Waals surface area contributed by atoms with Crippen LogP contribution in [0.25, 0.3) is 11.0 Å². The third-order valence-electron chi connectivity index (χ3n) is 5.33. The number of rotatable bonds is 7. The van der Waals surface area contributed by atoms with Crippen LogP contribution in [0.4, 0.5) is 5.69 Å². The van der Waals surface area contributed by atoms with Gasteiger partial charge in [0.1, 0.15) is 0 Å². The van der Waals surface area contributed by atoms with E-state index in [9.17, 15) is 14.4 Å². The van der Waals surface area contributed by atoms with E-state index in [4.69, 9.17) is 9.47 Å². The summed E-state index contributed by atoms with van der Waals surface area (Å²) in [7, 11) is 3.05. The normalized spacial score (nSPS) is 11.3. The molecule has 0 aliphatic heterocycles. The average Bonchev–Trinajstić information content (AvgIpc) is 2.76. The number of nitrogens with zero attached hydrogens (tertiary/aromatic N) is 2. The number of nitrogens with one attached hydrogen (secondary N) is 2. The van der Waals surface area contributed by atoms with Gasteiger partial charge in [-0.1, -0.05) is 27.7 Å². The first kappa shape index (κ1) is 24.0. The summed E-state index contributed by atoms with van der Waals surface area (Å²) in [5.41, 5.74) is 1.05. The van der Waals surface area contributed by atoms with E-state index in [0.29, 0.717) is 29.4 Å². The number of carbonyl (C=O) groups excluding carboxylic acids is 1. The number of fused-ring (bicyclic) bond motifs is 1. The number of hydrogen-bond donors (Lipinski definition) is 2. The molecule has 33 heavy (non-hydrogen) atoms. The molecule has 176 valence electrons. The van der Waals surface area contributed by atoms with E-state index in [1.165, 1.54) is 18.8 Å². The van der Waals surface area contributed by atoms with E-state index in [1.54, 1.807) is 18.2 Å². The fourth-order valence-electron chi connectivity index (χ4n) is 3.61. The van der Waals surface area contributed by atoms with Crippen molar-refractivity contribution in [2.24, 2.45) is 5.92 Å². The van der Waals surface area contributed by atoms with Crippen LogP contribution in [0.15, 0.2) is 27.8 Å². The Bertz CT molecular complexity index is 1320. The summed E-state index contributed by atoms with van der Waals surface area (Å²) in [5, 5.41) is 2.95. The van der Waals surface area contributed by atoms with Gasteiger partial charge in [0.25, 0.3) is 11.5 Å². The van der Waals surface area contributed by atoms with Crippen LogP contribution >= 0.6 is 0 Å². The zero-order valence-electron chi connectivity index (χ0n) is 20.0. The molecule has 0 saturated heterocycles. The first-order valence-corrected chi connectivity index (χ1v) is 10.8. The second-order valence-corrected chi connectivity index (χ2v) is 8.69. The molecule has 0 spiro atoms. The molecule has 0 bridgehead atoms. The first-order valence-electron chi connectivity index (χ1n) is 10.8. The molecule has 0 atom stereocenters. The lowest BCUT2D eigenvalue weighted by Gasteiger charge is -2.17. The van der Waals surface area contributed by atoms with Crippen molar-refractivity contribution in [1.29, 1.82) is 0 Å². The summed E-state index contributed by atoms with van der Waals surface area (Å²) in [6.45, 7) is 9.98. The second-order valence-electron chi connectivity index (χ2n) is 8.69. The summed E-state index contributed by atoms with van der Waals surface area (Å²) in [6.07, 6.45) is 0. The number of ether oxygens (including phenoxy) is 2. The minimum Gasteiger partial charge on any atom is -0.493 e. The number of aryl methyl sites for hydroxylation is 1. The lowest BCUT2D eigenvalue weighted by molar-refractivity contribution is 0.102. The van der Waals surface area contributed by atoms with E-state index in [-0.39, 0.29) is 28.4 Å². The first-order chi connectivity index (χ1) is 15.6. The molecular weight excluding hydrogens is 424 g/mol. The van der Waals surface area contributed by atoms with Crippen LogP contribution in [0.5, 0.6) is 11.5 Å². The van der Waals surface area contributed by atoms with Gasteiger partial charge >= 0.3 is 5.69 Å². The molecule has 2 N–H and O–H groups in total. The Balaban J connectivity index is 2.23. The third-order valence-corrected chi connectivity index (χ3v) is 5.33. The molecule has 2 aromatic heterocycles. The van der Waals surface area contributed by atoms with E-state index >= 15 is 0 Å². The minimum absolute atomic E-state index is 0.0225. The number of methoxy groups -OCH3 is 2. The molecular formula is C24H30N4O5. The zero-order chi connectivity index (χ0) is 24.4. The average molecular weight is 455 g/mol. The van der Waals surface area contributed by atoms with Gasteiger partial charge in [-0.15, -0.1) is 0 Å². The summed E-state index contributed by atoms with van der Waals surface area (Å²) >= 11 is 0. The fraction of sp³-hybridized carbons (Fsp3) is 0.417. The number of amides is 1. The topological polar surface area (TPSA) is 115 Å². The van der Waals surface area contributed by atoms with Crippen LogP contribution in [-0.2, 0) is 6.54 Å². The van der Waals surface area contributed by atoms with Crippen LogP contribution in [0.1, 0.15) is 55.2 Å². The van der Waals surface area contributed by atoms with Gasteiger partial charge in [0.05, 0.1) is 25.2 Å². The Morgan fingerprint density at radius 2 is 1.73 bits per heavy atom. The summed E-state index contributed by atoms with van der Waals surface area (Å²) in [6, 6.07) is 5.03. The number of pyridine rings is 1. The van der Waals surface area contributed by atoms with Gasteiger partial charge in [-0.05, 0) is 36.5 Å². The van der Waals surface area contributed by atoms with Gasteiger partial charge in [-0.25, -0.2) is 9.78 Å². The fourth-order valence-corrected chi connectivity index (χ4v) is 3.61. The molecule has 0 aliphatic rings. The van der Waals surface area contributed by atoms with Gasteiger partial charge < -0.3 is 14.8 Å². The second kappa shape index (κ2) is 9.48. The van der Waals surface area contributed by atoms with Crippen molar-refractivity contribution in [1.82, 2.24) is 14.5 Å². The number of hydrogen-bond acceptors (Lipinski definition) is 6. The lowest BCUT2D eigenvalue weighted by atomic mass is 10.0. The molecule has 0 saturated carbocycles. The van der Waals surface area contributed by atoms with Crippen molar-refractivity contribution >= 4 is 22.6 Å². The highest BCUT2D eigenvalue weighted by Crippen LogP contribution is 2.33. The van der Waals surface area contributed by atoms with Crippen molar-refractivity contribution in [3.05, 3.63) is 55.9 Å². The molecule has 0 aliphatic carbocycles. The molecule has 0 radical (unpaired) electrons. The molecule has 9 heteroatoms. The van der Waals surface area contributed by atoms with Crippen LogP contribution in [0.2, 0.25) is 0 Å². The third kappa shape index (κ3) is 4.76. The molecule has 0 unspecified atom stereocenters. The van der Waals surface area contributed by atoms with E-state index in [0.717, 1.165) is 5.56 Å². The van der Waals surface area contributed by atoms with Crippen LogP contribution in [0.3, 0.4) is 0 Å². The Morgan fingerprint density at radius 3 is 2.30 bits per heavy atom. The van der Waals surface area contributed by atoms with Gasteiger partial charge in [-0.2, -0.15) is 0 Å². The number of H-pyrrole nitrogens is 1. The smallest absolute Gasteiger partial charge is 0.330 e. The van der Waals surface area contributed by atoms with Crippen LogP contribution in [-0.4, -0.2) is 34.7 Å². The predicted octanol–water partition coefficient (Wildman–Crippen LogP) is 3.44. The van der Waals surface area contributed by atoms with Crippen LogP contribution < -0.4 is 26.0 Å². The predicted molar refractivity (Wildman–Crippen MR) is 128 cm³/mol. The summed E-state index contributed by atoms with van der Waals surface area (Å²) < 4.78 is 12.1. The zero-order valence-corrected chi connectivity index (χ0v) is 20.0. The van der Waals surface area contributed by atoms with Crippen molar-refractivity contribution in [2.45, 2.75) is 47.1 Å². The summed E-state index contributed by atoms with van der Waals surface area (Å²) in [5.74, 6) is 0.626. The minimum atomic E-state index is -0.646. The lowest BCUT2D eigenvalue weighted by Crippen LogP contribution is -2.33. The quantitative estimate of drug-likeness (QED) is 0.565. The molecule has 0 fully saturated rings.